The highest BCUT2D eigenvalue weighted by Gasteiger charge is 2.46. The summed E-state index contributed by atoms with van der Waals surface area (Å²) in [5.74, 6) is 4.12. The van der Waals surface area contributed by atoms with Gasteiger partial charge < -0.3 is 15.3 Å². The number of benzene rings is 2. The number of aryl methyl sites for hydroxylation is 1. The lowest BCUT2D eigenvalue weighted by atomic mass is 9.92. The van der Waals surface area contributed by atoms with Crippen LogP contribution in [0.25, 0.3) is 0 Å². The minimum absolute atomic E-state index is 0.283. The number of carbonyl (C=O) groups is 3. The average molecular weight is 446 g/mol. The van der Waals surface area contributed by atoms with Gasteiger partial charge >= 0.3 is 0 Å². The first-order chi connectivity index (χ1) is 15.8. The Morgan fingerprint density at radius 2 is 1.58 bits per heavy atom. The van der Waals surface area contributed by atoms with E-state index in [2.05, 4.69) is 23.2 Å². The molecule has 2 rings (SSSR count). The largest absolute Gasteiger partial charge is 0.388 e. The number of nitrogens with one attached hydrogen (secondary N) is 1. The first-order valence-electron chi connectivity index (χ1n) is 10.5. The van der Waals surface area contributed by atoms with E-state index < -0.39 is 29.7 Å². The average Bonchev–Trinajstić information content (AvgIpc) is 2.86. The Kier molecular flexibility index (Phi) is 8.91. The summed E-state index contributed by atoms with van der Waals surface area (Å²) in [5.41, 5.74) is 1.16. The van der Waals surface area contributed by atoms with E-state index in [-0.39, 0.29) is 5.56 Å². The zero-order chi connectivity index (χ0) is 24.4. The molecule has 2 aromatic carbocycles. The van der Waals surface area contributed by atoms with Crippen molar-refractivity contribution in [1.29, 1.82) is 5.26 Å². The number of hydrogen-bond acceptors (Lipinski definition) is 5. The lowest BCUT2D eigenvalue weighted by molar-refractivity contribution is -0.143. The molecule has 0 fully saturated rings. The lowest BCUT2D eigenvalue weighted by Gasteiger charge is -2.35. The molecule has 0 radical (unpaired) electrons. The molecule has 0 aliphatic rings. The third-order valence-electron chi connectivity index (χ3n) is 5.52. The van der Waals surface area contributed by atoms with Crippen LogP contribution in [0.4, 0.5) is 0 Å². The summed E-state index contributed by atoms with van der Waals surface area (Å²) in [7, 11) is 2.71. The molecular formula is C26H27N3O4. The monoisotopic (exact) mass is 445 g/mol. The third-order valence-corrected chi connectivity index (χ3v) is 5.52. The van der Waals surface area contributed by atoms with Gasteiger partial charge in [0.2, 0.25) is 0 Å². The van der Waals surface area contributed by atoms with Crippen LogP contribution >= 0.6 is 0 Å². The van der Waals surface area contributed by atoms with Gasteiger partial charge in [-0.25, -0.2) is 0 Å². The Hall–Kier alpha value is -3.94. The van der Waals surface area contributed by atoms with Crippen LogP contribution in [0.2, 0.25) is 0 Å². The summed E-state index contributed by atoms with van der Waals surface area (Å²) < 4.78 is 0. The third kappa shape index (κ3) is 6.06. The summed E-state index contributed by atoms with van der Waals surface area (Å²) in [5, 5.41) is 20.3. The Morgan fingerprint density at radius 3 is 2.06 bits per heavy atom. The molecule has 0 saturated heterocycles. The number of likely N-dealkylation sites (N-methyl/N-ethyl adjacent to an activating group) is 2. The van der Waals surface area contributed by atoms with Crippen molar-refractivity contribution in [2.45, 2.75) is 31.7 Å². The first kappa shape index (κ1) is 25.3. The van der Waals surface area contributed by atoms with E-state index in [4.69, 9.17) is 5.26 Å². The molecule has 0 bridgehead atoms. The van der Waals surface area contributed by atoms with E-state index in [0.717, 1.165) is 28.9 Å². The van der Waals surface area contributed by atoms with Gasteiger partial charge in [-0.3, -0.25) is 14.4 Å². The number of aliphatic hydroxyl groups is 1. The Morgan fingerprint density at radius 1 is 1.03 bits per heavy atom. The Bertz CT molecular complexity index is 1090. The van der Waals surface area contributed by atoms with Crippen LogP contribution in [0, 0.1) is 23.2 Å². The quantitative estimate of drug-likeness (QED) is 0.367. The predicted octanol–water partition coefficient (Wildman–Crippen LogP) is 2.07. The fourth-order valence-corrected chi connectivity index (χ4v) is 3.23. The SMILES string of the molecule is CNC(=O)[C@@](C)(C(=O)CO)N(C)C(=O)c1ccc(C#Cc2ccc(CCCC#N)cc2)cc1. The van der Waals surface area contributed by atoms with Crippen molar-refractivity contribution < 1.29 is 19.5 Å². The molecule has 0 aliphatic heterocycles. The number of unbranched alkanes of at least 4 members (excludes halogenated alkanes) is 1. The highest BCUT2D eigenvalue weighted by atomic mass is 16.3. The minimum atomic E-state index is -1.83. The van der Waals surface area contributed by atoms with Crippen LogP contribution in [0.15, 0.2) is 48.5 Å². The van der Waals surface area contributed by atoms with Gasteiger partial charge in [0.15, 0.2) is 11.3 Å². The van der Waals surface area contributed by atoms with Gasteiger partial charge in [0, 0.05) is 37.2 Å². The zero-order valence-corrected chi connectivity index (χ0v) is 19.0. The molecule has 2 amide bonds. The molecule has 0 heterocycles. The standard InChI is InChI=1S/C26H27N3O4/c1-26(23(31)18-30,25(33)28-2)29(3)24(32)22-15-13-21(14-16-22)12-11-20-9-7-19(8-10-20)6-4-5-17-27/h7-10,13-16,30H,4-6,18H2,1-3H3,(H,28,33)/t26-/m1/s1. The summed E-state index contributed by atoms with van der Waals surface area (Å²) >= 11 is 0. The molecule has 7 nitrogen and oxygen atoms in total. The second-order valence-corrected chi connectivity index (χ2v) is 7.63. The van der Waals surface area contributed by atoms with Crippen molar-refractivity contribution >= 4 is 17.6 Å². The summed E-state index contributed by atoms with van der Waals surface area (Å²) in [4.78, 5) is 38.5. The topological polar surface area (TPSA) is 110 Å². The zero-order valence-electron chi connectivity index (χ0n) is 19.0. The number of ketones is 1. The molecule has 2 N–H and O–H groups in total. The van der Waals surface area contributed by atoms with Gasteiger partial charge in [0.25, 0.3) is 11.8 Å². The second-order valence-electron chi connectivity index (χ2n) is 7.63. The summed E-state index contributed by atoms with van der Waals surface area (Å²) in [6.07, 6.45) is 2.23. The highest BCUT2D eigenvalue weighted by molar-refractivity contribution is 6.14. The van der Waals surface area contributed by atoms with Gasteiger partial charge in [0.05, 0.1) is 6.07 Å². The Balaban J connectivity index is 2.14. The molecule has 2 aromatic rings. The predicted molar refractivity (Wildman–Crippen MR) is 124 cm³/mol. The van der Waals surface area contributed by atoms with Gasteiger partial charge in [-0.2, -0.15) is 5.26 Å². The van der Waals surface area contributed by atoms with E-state index in [1.807, 2.05) is 24.3 Å². The molecule has 7 heteroatoms. The van der Waals surface area contributed by atoms with E-state index in [1.165, 1.54) is 21.0 Å². The fourth-order valence-electron chi connectivity index (χ4n) is 3.23. The van der Waals surface area contributed by atoms with E-state index in [0.29, 0.717) is 12.0 Å². The van der Waals surface area contributed by atoms with Crippen LogP contribution in [0.1, 0.15) is 46.8 Å². The number of hydrogen-bond donors (Lipinski definition) is 2. The van der Waals surface area contributed by atoms with Crippen LogP contribution in [0.5, 0.6) is 0 Å². The molecular weight excluding hydrogens is 418 g/mol. The number of amides is 2. The lowest BCUT2D eigenvalue weighted by Crippen LogP contribution is -2.62. The number of nitrogens with zero attached hydrogens (tertiary/aromatic N) is 2. The van der Waals surface area contributed by atoms with Crippen molar-refractivity contribution in [3.63, 3.8) is 0 Å². The molecule has 0 aromatic heterocycles. The van der Waals surface area contributed by atoms with Crippen LogP contribution in [-0.2, 0) is 16.0 Å². The number of rotatable bonds is 8. The van der Waals surface area contributed by atoms with E-state index >= 15 is 0 Å². The second kappa shape index (κ2) is 11.6. The molecule has 1 atom stereocenters. The number of aliphatic hydroxyl groups excluding tert-OH is 1. The molecule has 0 aliphatic carbocycles. The minimum Gasteiger partial charge on any atom is -0.388 e. The fraction of sp³-hybridized carbons (Fsp3) is 0.308. The van der Waals surface area contributed by atoms with Gasteiger partial charge in [-0.05, 0) is 61.7 Å². The van der Waals surface area contributed by atoms with Crippen molar-refractivity contribution in [3.05, 3.63) is 70.8 Å². The number of carbonyl (C=O) groups excluding carboxylic acids is 3. The maximum absolute atomic E-state index is 12.9. The maximum Gasteiger partial charge on any atom is 0.254 e. The van der Waals surface area contributed by atoms with Crippen molar-refractivity contribution in [1.82, 2.24) is 10.2 Å². The van der Waals surface area contributed by atoms with Gasteiger partial charge in [0.1, 0.15) is 6.61 Å². The molecule has 0 unspecified atom stereocenters. The van der Waals surface area contributed by atoms with Crippen molar-refractivity contribution in [2.24, 2.45) is 0 Å². The smallest absolute Gasteiger partial charge is 0.254 e. The van der Waals surface area contributed by atoms with Gasteiger partial charge in [-0.1, -0.05) is 24.0 Å². The molecule has 33 heavy (non-hydrogen) atoms. The number of nitriles is 1. The highest BCUT2D eigenvalue weighted by Crippen LogP contribution is 2.19. The molecule has 0 spiro atoms. The maximum atomic E-state index is 12.9. The Labute approximate surface area is 194 Å². The normalized spacial score (nSPS) is 11.8. The van der Waals surface area contributed by atoms with Crippen molar-refractivity contribution in [3.8, 4) is 17.9 Å². The summed E-state index contributed by atoms with van der Waals surface area (Å²) in [6, 6.07) is 16.5. The number of Topliss-reactive ketones (excluding diaryl/α,β-unsaturated/α-hetero) is 1. The summed E-state index contributed by atoms with van der Waals surface area (Å²) in [6.45, 7) is 0.438. The van der Waals surface area contributed by atoms with E-state index in [9.17, 15) is 19.5 Å². The molecule has 0 saturated carbocycles. The van der Waals surface area contributed by atoms with Crippen LogP contribution in [0.3, 0.4) is 0 Å². The van der Waals surface area contributed by atoms with Crippen LogP contribution in [-0.4, -0.2) is 53.8 Å². The first-order valence-corrected chi connectivity index (χ1v) is 10.5. The van der Waals surface area contributed by atoms with Gasteiger partial charge in [-0.15, -0.1) is 0 Å². The molecule has 170 valence electrons. The van der Waals surface area contributed by atoms with Crippen LogP contribution < -0.4 is 5.32 Å². The van der Waals surface area contributed by atoms with E-state index in [1.54, 1.807) is 24.3 Å². The van der Waals surface area contributed by atoms with Crippen molar-refractivity contribution in [2.75, 3.05) is 20.7 Å².